The fourth-order valence-corrected chi connectivity index (χ4v) is 3.30. The summed E-state index contributed by atoms with van der Waals surface area (Å²) in [6, 6.07) is 13.9. The lowest BCUT2D eigenvalue weighted by molar-refractivity contribution is 0.0949. The van der Waals surface area contributed by atoms with Crippen molar-refractivity contribution in [2.75, 3.05) is 0 Å². The molecule has 98 valence electrons. The van der Waals surface area contributed by atoms with Gasteiger partial charge < -0.3 is 4.57 Å². The molecule has 0 unspecified atom stereocenters. The van der Waals surface area contributed by atoms with Crippen LogP contribution in [-0.2, 0) is 6.54 Å². The molecule has 3 heterocycles. The van der Waals surface area contributed by atoms with E-state index in [4.69, 9.17) is 0 Å². The van der Waals surface area contributed by atoms with Gasteiger partial charge in [0.15, 0.2) is 0 Å². The quantitative estimate of drug-likeness (QED) is 0.732. The van der Waals surface area contributed by atoms with Gasteiger partial charge >= 0.3 is 0 Å². The van der Waals surface area contributed by atoms with Gasteiger partial charge in [0.25, 0.3) is 5.91 Å². The Balaban J connectivity index is 1.87. The highest BCUT2D eigenvalue weighted by Crippen LogP contribution is 2.26. The molecule has 5 heteroatoms. The van der Waals surface area contributed by atoms with Gasteiger partial charge in [-0.25, -0.2) is 5.43 Å². The Labute approximate surface area is 119 Å². The number of hydrogen-bond acceptors (Lipinski definition) is 3. The lowest BCUT2D eigenvalue weighted by atomic mass is 10.1. The number of hydrazone groups is 1. The first-order valence-corrected chi connectivity index (χ1v) is 7.20. The molecular weight excluding hydrogens is 270 g/mol. The maximum Gasteiger partial charge on any atom is 0.288 e. The number of nitrogens with zero attached hydrogens (tertiary/aromatic N) is 2. The Morgan fingerprint density at radius 2 is 2.05 bits per heavy atom. The molecule has 0 saturated heterocycles. The largest absolute Gasteiger partial charge is 0.330 e. The smallest absolute Gasteiger partial charge is 0.288 e. The fourth-order valence-electron chi connectivity index (χ4n) is 2.48. The third-order valence-corrected chi connectivity index (χ3v) is 4.32. The summed E-state index contributed by atoms with van der Waals surface area (Å²) in [4.78, 5) is 12.1. The molecule has 0 aliphatic carbocycles. The number of rotatable bonds is 1. The van der Waals surface area contributed by atoms with Crippen LogP contribution in [0.1, 0.15) is 16.1 Å². The van der Waals surface area contributed by atoms with Crippen LogP contribution in [0.2, 0.25) is 0 Å². The SMILES string of the molecule is O=C1NN=C(c2ccccc2)Cn2c1cc1sccc12. The van der Waals surface area contributed by atoms with Crippen LogP contribution in [0.15, 0.2) is 52.9 Å². The number of carbonyl (C=O) groups excluding carboxylic acids is 1. The molecule has 0 fully saturated rings. The first kappa shape index (κ1) is 11.4. The van der Waals surface area contributed by atoms with E-state index in [9.17, 15) is 4.79 Å². The molecule has 0 atom stereocenters. The highest BCUT2D eigenvalue weighted by Gasteiger charge is 2.21. The monoisotopic (exact) mass is 281 g/mol. The molecule has 20 heavy (non-hydrogen) atoms. The lowest BCUT2D eigenvalue weighted by Crippen LogP contribution is -2.17. The van der Waals surface area contributed by atoms with Crippen LogP contribution in [0.3, 0.4) is 0 Å². The van der Waals surface area contributed by atoms with Crippen molar-refractivity contribution in [1.82, 2.24) is 9.99 Å². The Kier molecular flexibility index (Phi) is 2.47. The van der Waals surface area contributed by atoms with Crippen molar-refractivity contribution >= 4 is 33.2 Å². The second kappa shape index (κ2) is 4.31. The maximum atomic E-state index is 12.1. The van der Waals surface area contributed by atoms with Crippen LogP contribution in [0, 0.1) is 0 Å². The highest BCUT2D eigenvalue weighted by atomic mass is 32.1. The molecule has 1 amide bonds. The topological polar surface area (TPSA) is 46.4 Å². The predicted molar refractivity (Wildman–Crippen MR) is 80.3 cm³/mol. The summed E-state index contributed by atoms with van der Waals surface area (Å²) >= 11 is 1.65. The maximum absolute atomic E-state index is 12.1. The zero-order chi connectivity index (χ0) is 13.5. The van der Waals surface area contributed by atoms with Gasteiger partial charge in [-0.2, -0.15) is 5.10 Å². The number of benzene rings is 1. The van der Waals surface area contributed by atoms with E-state index in [1.54, 1.807) is 11.3 Å². The Morgan fingerprint density at radius 1 is 1.20 bits per heavy atom. The van der Waals surface area contributed by atoms with Gasteiger partial charge in [-0.15, -0.1) is 11.3 Å². The van der Waals surface area contributed by atoms with Crippen LogP contribution >= 0.6 is 11.3 Å². The van der Waals surface area contributed by atoms with Gasteiger partial charge in [0.2, 0.25) is 0 Å². The third kappa shape index (κ3) is 1.67. The van der Waals surface area contributed by atoms with E-state index in [2.05, 4.69) is 10.5 Å². The summed E-state index contributed by atoms with van der Waals surface area (Å²) in [5, 5.41) is 6.29. The molecule has 0 spiro atoms. The van der Waals surface area contributed by atoms with Crippen LogP contribution < -0.4 is 5.43 Å². The van der Waals surface area contributed by atoms with E-state index in [0.29, 0.717) is 12.2 Å². The van der Waals surface area contributed by atoms with Crippen molar-refractivity contribution < 1.29 is 4.79 Å². The number of aromatic nitrogens is 1. The standard InChI is InChI=1S/C15H11N3OS/c19-15-13-8-14-12(6-7-20-14)18(13)9-11(16-17-15)10-4-2-1-3-5-10/h1-8H,9H2,(H,17,19). The lowest BCUT2D eigenvalue weighted by Gasteiger charge is -2.07. The third-order valence-electron chi connectivity index (χ3n) is 3.46. The average molecular weight is 281 g/mol. The minimum absolute atomic E-state index is 0.153. The number of nitrogens with one attached hydrogen (secondary N) is 1. The molecule has 1 N–H and O–H groups in total. The van der Waals surface area contributed by atoms with Crippen molar-refractivity contribution in [3.63, 3.8) is 0 Å². The first-order chi connectivity index (χ1) is 9.83. The molecule has 0 radical (unpaired) electrons. The summed E-state index contributed by atoms with van der Waals surface area (Å²) < 4.78 is 3.16. The summed E-state index contributed by atoms with van der Waals surface area (Å²) in [5.74, 6) is -0.153. The van der Waals surface area contributed by atoms with Crippen molar-refractivity contribution in [3.8, 4) is 0 Å². The summed E-state index contributed by atoms with van der Waals surface area (Å²) in [6.07, 6.45) is 0. The van der Waals surface area contributed by atoms with Gasteiger partial charge in [0.05, 0.1) is 22.5 Å². The van der Waals surface area contributed by atoms with E-state index in [-0.39, 0.29) is 5.91 Å². The molecule has 2 aromatic heterocycles. The second-order valence-electron chi connectivity index (χ2n) is 4.65. The normalized spacial score (nSPS) is 14.6. The molecule has 0 bridgehead atoms. The van der Waals surface area contributed by atoms with E-state index in [1.807, 2.05) is 52.4 Å². The number of hydrogen-bond donors (Lipinski definition) is 1. The highest BCUT2D eigenvalue weighted by molar-refractivity contribution is 7.17. The van der Waals surface area contributed by atoms with Crippen molar-refractivity contribution in [2.45, 2.75) is 6.54 Å². The molecule has 4 rings (SSSR count). The van der Waals surface area contributed by atoms with Crippen LogP contribution in [-0.4, -0.2) is 16.2 Å². The van der Waals surface area contributed by atoms with Gasteiger partial charge in [0.1, 0.15) is 5.69 Å². The summed E-state index contributed by atoms with van der Waals surface area (Å²) in [7, 11) is 0. The van der Waals surface area contributed by atoms with Crippen LogP contribution in [0.4, 0.5) is 0 Å². The molecule has 1 aliphatic heterocycles. The van der Waals surface area contributed by atoms with Crippen LogP contribution in [0.25, 0.3) is 10.2 Å². The van der Waals surface area contributed by atoms with E-state index in [0.717, 1.165) is 21.5 Å². The van der Waals surface area contributed by atoms with E-state index < -0.39 is 0 Å². The van der Waals surface area contributed by atoms with Gasteiger partial charge in [-0.05, 0) is 23.1 Å². The Hall–Kier alpha value is -2.40. The summed E-state index contributed by atoms with van der Waals surface area (Å²) in [6.45, 7) is 0.596. The minimum atomic E-state index is -0.153. The second-order valence-corrected chi connectivity index (χ2v) is 5.60. The van der Waals surface area contributed by atoms with Crippen molar-refractivity contribution in [2.24, 2.45) is 5.10 Å². The fraction of sp³-hybridized carbons (Fsp3) is 0.0667. The van der Waals surface area contributed by atoms with Gasteiger partial charge in [0, 0.05) is 0 Å². The zero-order valence-electron chi connectivity index (χ0n) is 10.5. The number of carbonyl (C=O) groups is 1. The van der Waals surface area contributed by atoms with Crippen molar-refractivity contribution in [3.05, 3.63) is 59.1 Å². The number of amides is 1. The molecule has 3 aromatic rings. The predicted octanol–water partition coefficient (Wildman–Crippen LogP) is 2.85. The van der Waals surface area contributed by atoms with Crippen LogP contribution in [0.5, 0.6) is 0 Å². The van der Waals surface area contributed by atoms with Gasteiger partial charge in [-0.1, -0.05) is 30.3 Å². The first-order valence-electron chi connectivity index (χ1n) is 6.32. The molecule has 4 nitrogen and oxygen atoms in total. The zero-order valence-corrected chi connectivity index (χ0v) is 11.4. The number of thiophene rings is 1. The number of fused-ring (bicyclic) bond motifs is 3. The molecular formula is C15H11N3OS. The summed E-state index contributed by atoms with van der Waals surface area (Å²) in [5.41, 5.74) is 6.28. The minimum Gasteiger partial charge on any atom is -0.330 e. The molecule has 0 saturated carbocycles. The van der Waals surface area contributed by atoms with E-state index >= 15 is 0 Å². The Bertz CT molecular complexity index is 829. The molecule has 1 aliphatic rings. The average Bonchev–Trinajstić information content (AvgIpc) is 3.02. The van der Waals surface area contributed by atoms with Gasteiger partial charge in [-0.3, -0.25) is 4.79 Å². The Morgan fingerprint density at radius 3 is 2.90 bits per heavy atom. The van der Waals surface area contributed by atoms with Crippen molar-refractivity contribution in [1.29, 1.82) is 0 Å². The van der Waals surface area contributed by atoms with E-state index in [1.165, 1.54) is 0 Å². The molecule has 1 aromatic carbocycles.